The molecule has 8 nitrogen and oxygen atoms in total. The van der Waals surface area contributed by atoms with Crippen LogP contribution >= 0.6 is 0 Å². The molecule has 3 unspecified atom stereocenters. The Morgan fingerprint density at radius 2 is 1.56 bits per heavy atom. The third-order valence-electron chi connectivity index (χ3n) is 7.45. The van der Waals surface area contributed by atoms with Gasteiger partial charge in [-0.1, -0.05) is 13.8 Å². The van der Waals surface area contributed by atoms with Crippen LogP contribution in [0.25, 0.3) is 0 Å². The quantitative estimate of drug-likeness (QED) is 0.313. The number of carboxylic acids is 1. The monoisotopic (exact) mass is 501 g/mol. The molecule has 1 N–H and O–H groups in total. The molecule has 0 amide bonds. The van der Waals surface area contributed by atoms with E-state index in [0.717, 1.165) is 12.8 Å². The van der Waals surface area contributed by atoms with Gasteiger partial charge in [-0.2, -0.15) is 0 Å². The molecule has 9 heteroatoms. The standard InChI is InChI=1S/C25H47NO7Si/c1-11-18(21(27)28)13-19(23(30)32-16-34(9,10)31-8)12-17(2)22(29)33-20-14-24(3,4)26(7)25(5,6)15-20/h17-20H,11-16H2,1-10H3,(H,27,28). The molecule has 0 aromatic carbocycles. The molecule has 0 bridgehead atoms. The van der Waals surface area contributed by atoms with Crippen LogP contribution in [0.1, 0.15) is 73.6 Å². The molecule has 1 saturated heterocycles. The van der Waals surface area contributed by atoms with Gasteiger partial charge in [0.05, 0.1) is 17.8 Å². The predicted molar refractivity (Wildman–Crippen MR) is 134 cm³/mol. The molecular weight excluding hydrogens is 454 g/mol. The summed E-state index contributed by atoms with van der Waals surface area (Å²) in [5, 5.41) is 9.52. The van der Waals surface area contributed by atoms with Crippen LogP contribution in [0.15, 0.2) is 0 Å². The van der Waals surface area contributed by atoms with Gasteiger partial charge in [0.1, 0.15) is 12.3 Å². The van der Waals surface area contributed by atoms with Crippen molar-refractivity contribution in [3.05, 3.63) is 0 Å². The summed E-state index contributed by atoms with van der Waals surface area (Å²) in [5.74, 6) is -3.70. The number of nitrogens with zero attached hydrogens (tertiary/aromatic N) is 1. The highest BCUT2D eigenvalue weighted by molar-refractivity contribution is 6.71. The molecule has 0 spiro atoms. The first-order valence-corrected chi connectivity index (χ1v) is 15.5. The van der Waals surface area contributed by atoms with Crippen molar-refractivity contribution in [2.75, 3.05) is 20.4 Å². The van der Waals surface area contributed by atoms with Crippen LogP contribution in [0.5, 0.6) is 0 Å². The molecule has 0 radical (unpaired) electrons. The number of likely N-dealkylation sites (tertiary alicyclic amines) is 1. The summed E-state index contributed by atoms with van der Waals surface area (Å²) < 4.78 is 16.9. The van der Waals surface area contributed by atoms with Gasteiger partial charge in [-0.15, -0.1) is 0 Å². The molecular formula is C25H47NO7Si. The Labute approximate surface area is 206 Å². The molecule has 0 aliphatic carbocycles. The Hall–Kier alpha value is -1.45. The largest absolute Gasteiger partial charge is 0.481 e. The fourth-order valence-electron chi connectivity index (χ4n) is 4.66. The number of piperidine rings is 1. The molecule has 0 aromatic heterocycles. The van der Waals surface area contributed by atoms with Gasteiger partial charge in [-0.25, -0.2) is 0 Å². The average molecular weight is 502 g/mol. The van der Waals surface area contributed by atoms with Crippen molar-refractivity contribution < 1.29 is 33.4 Å². The van der Waals surface area contributed by atoms with Crippen molar-refractivity contribution in [1.29, 1.82) is 0 Å². The van der Waals surface area contributed by atoms with E-state index >= 15 is 0 Å². The van der Waals surface area contributed by atoms with Crippen molar-refractivity contribution in [3.63, 3.8) is 0 Å². The number of ether oxygens (including phenoxy) is 2. The smallest absolute Gasteiger partial charge is 0.308 e. The number of rotatable bonds is 12. The first-order chi connectivity index (χ1) is 15.5. The van der Waals surface area contributed by atoms with Crippen molar-refractivity contribution in [2.24, 2.45) is 17.8 Å². The molecule has 1 heterocycles. The molecule has 198 valence electrons. The second-order valence-electron chi connectivity index (χ2n) is 11.7. The first kappa shape index (κ1) is 30.6. The minimum Gasteiger partial charge on any atom is -0.481 e. The maximum Gasteiger partial charge on any atom is 0.308 e. The molecule has 1 aliphatic heterocycles. The van der Waals surface area contributed by atoms with Crippen LogP contribution in [0.2, 0.25) is 13.1 Å². The summed E-state index contributed by atoms with van der Waals surface area (Å²) in [6.45, 7) is 16.0. The number of carboxylic acid groups (broad SMARTS) is 1. The summed E-state index contributed by atoms with van der Waals surface area (Å²) in [5.41, 5.74) is -0.230. The zero-order valence-corrected chi connectivity index (χ0v) is 23.9. The zero-order chi connectivity index (χ0) is 26.5. The number of hydrogen-bond donors (Lipinski definition) is 1. The summed E-state index contributed by atoms with van der Waals surface area (Å²) >= 11 is 0. The number of hydrogen-bond acceptors (Lipinski definition) is 7. The van der Waals surface area contributed by atoms with E-state index in [4.69, 9.17) is 13.9 Å². The van der Waals surface area contributed by atoms with E-state index in [9.17, 15) is 19.5 Å². The van der Waals surface area contributed by atoms with Gasteiger partial charge in [-0.3, -0.25) is 19.3 Å². The van der Waals surface area contributed by atoms with Gasteiger partial charge in [-0.05, 0) is 67.1 Å². The van der Waals surface area contributed by atoms with Crippen LogP contribution in [-0.4, -0.2) is 73.8 Å². The fraction of sp³-hybridized carbons (Fsp3) is 0.880. The minimum absolute atomic E-state index is 0.115. The maximum atomic E-state index is 13.0. The second kappa shape index (κ2) is 12.0. The van der Waals surface area contributed by atoms with Gasteiger partial charge in [0.15, 0.2) is 0 Å². The molecule has 34 heavy (non-hydrogen) atoms. The fourth-order valence-corrected chi connectivity index (χ4v) is 5.27. The highest BCUT2D eigenvalue weighted by Gasteiger charge is 2.45. The van der Waals surface area contributed by atoms with Crippen molar-refractivity contribution >= 4 is 26.2 Å². The number of esters is 2. The Kier molecular flexibility index (Phi) is 10.8. The van der Waals surface area contributed by atoms with Crippen LogP contribution < -0.4 is 0 Å². The molecule has 1 rings (SSSR count). The molecule has 1 aliphatic rings. The molecule has 0 saturated carbocycles. The second-order valence-corrected chi connectivity index (χ2v) is 16.0. The van der Waals surface area contributed by atoms with Gasteiger partial charge in [0.25, 0.3) is 0 Å². The van der Waals surface area contributed by atoms with Crippen molar-refractivity contribution in [1.82, 2.24) is 4.90 Å². The normalized spacial score (nSPS) is 21.4. The SMILES string of the molecule is CCC(CC(CC(C)C(=O)OC1CC(C)(C)N(C)C(C)(C)C1)C(=O)OC[Si](C)(C)OC)C(=O)O. The van der Waals surface area contributed by atoms with E-state index in [1.54, 1.807) is 21.0 Å². The van der Waals surface area contributed by atoms with Crippen LogP contribution in [-0.2, 0) is 28.3 Å². The lowest BCUT2D eigenvalue weighted by atomic mass is 9.78. The summed E-state index contributed by atoms with van der Waals surface area (Å²) in [7, 11) is 1.56. The molecule has 1 fully saturated rings. The Morgan fingerprint density at radius 3 is 2.00 bits per heavy atom. The van der Waals surface area contributed by atoms with E-state index in [1.165, 1.54) is 0 Å². The van der Waals surface area contributed by atoms with Crippen LogP contribution in [0, 0.1) is 17.8 Å². The lowest BCUT2D eigenvalue weighted by molar-refractivity contribution is -0.164. The summed E-state index contributed by atoms with van der Waals surface area (Å²) in [4.78, 5) is 39.9. The Balaban J connectivity index is 2.91. The van der Waals surface area contributed by atoms with Gasteiger partial charge in [0, 0.05) is 31.0 Å². The van der Waals surface area contributed by atoms with E-state index in [2.05, 4.69) is 39.6 Å². The Morgan fingerprint density at radius 1 is 1.03 bits per heavy atom. The van der Waals surface area contributed by atoms with E-state index < -0.39 is 38.0 Å². The van der Waals surface area contributed by atoms with Crippen molar-refractivity contribution in [3.8, 4) is 0 Å². The third-order valence-corrected chi connectivity index (χ3v) is 9.40. The minimum atomic E-state index is -2.14. The van der Waals surface area contributed by atoms with E-state index in [-0.39, 0.29) is 42.2 Å². The van der Waals surface area contributed by atoms with E-state index in [1.807, 2.05) is 13.1 Å². The highest BCUT2D eigenvalue weighted by Crippen LogP contribution is 2.38. The predicted octanol–water partition coefficient (Wildman–Crippen LogP) is 4.26. The lowest BCUT2D eigenvalue weighted by Crippen LogP contribution is -2.60. The lowest BCUT2D eigenvalue weighted by Gasteiger charge is -2.53. The summed E-state index contributed by atoms with van der Waals surface area (Å²) in [6, 6.07) is 0. The topological polar surface area (TPSA) is 102 Å². The highest BCUT2D eigenvalue weighted by atomic mass is 28.4. The van der Waals surface area contributed by atoms with Crippen LogP contribution in [0.3, 0.4) is 0 Å². The average Bonchev–Trinajstić information content (AvgIpc) is 2.72. The number of carbonyl (C=O) groups excluding carboxylic acids is 2. The van der Waals surface area contributed by atoms with Crippen LogP contribution in [0.4, 0.5) is 0 Å². The summed E-state index contributed by atoms with van der Waals surface area (Å²) in [6.07, 6.45) is 2.14. The molecule has 0 aromatic rings. The van der Waals surface area contributed by atoms with Gasteiger partial charge < -0.3 is 19.0 Å². The first-order valence-electron chi connectivity index (χ1n) is 12.3. The molecule has 3 atom stereocenters. The van der Waals surface area contributed by atoms with Gasteiger partial charge in [0.2, 0.25) is 8.32 Å². The number of aliphatic carboxylic acids is 1. The maximum absolute atomic E-state index is 13.0. The van der Waals surface area contributed by atoms with E-state index in [0.29, 0.717) is 6.42 Å². The Bertz CT molecular complexity index is 704. The van der Waals surface area contributed by atoms with Gasteiger partial charge >= 0.3 is 17.9 Å². The number of carbonyl (C=O) groups is 3. The zero-order valence-electron chi connectivity index (χ0n) is 22.9. The van der Waals surface area contributed by atoms with Crippen molar-refractivity contribution in [2.45, 2.75) is 104 Å². The third kappa shape index (κ3) is 8.64.